The summed E-state index contributed by atoms with van der Waals surface area (Å²) in [5.41, 5.74) is 3.50. The molecule has 3 aromatic heterocycles. The average Bonchev–Trinajstić information content (AvgIpc) is 3.35. The smallest absolute Gasteiger partial charge is 0.261 e. The van der Waals surface area contributed by atoms with Gasteiger partial charge >= 0.3 is 0 Å². The molecule has 9 heteroatoms. The molecule has 0 saturated heterocycles. The Morgan fingerprint density at radius 2 is 1.97 bits per heavy atom. The Labute approximate surface area is 174 Å². The maximum atomic E-state index is 12.6. The van der Waals surface area contributed by atoms with Gasteiger partial charge in [-0.05, 0) is 35.9 Å². The minimum absolute atomic E-state index is 0.190. The molecule has 30 heavy (non-hydrogen) atoms. The Balaban J connectivity index is 1.49. The van der Waals surface area contributed by atoms with Crippen molar-refractivity contribution >= 4 is 39.2 Å². The van der Waals surface area contributed by atoms with Gasteiger partial charge in [0.25, 0.3) is 5.56 Å². The number of rotatable bonds is 5. The molecule has 0 amide bonds. The molecule has 5 N–H and O–H groups in total. The molecule has 3 heterocycles. The highest BCUT2D eigenvalue weighted by molar-refractivity contribution is 6.30. The number of benzene rings is 2. The van der Waals surface area contributed by atoms with Crippen molar-refractivity contribution in [2.45, 2.75) is 6.10 Å². The van der Waals surface area contributed by atoms with E-state index in [0.717, 1.165) is 10.9 Å². The Morgan fingerprint density at radius 3 is 2.80 bits per heavy atom. The van der Waals surface area contributed by atoms with Crippen LogP contribution >= 0.6 is 11.6 Å². The monoisotopic (exact) mass is 420 g/mol. The molecule has 0 aliphatic rings. The van der Waals surface area contributed by atoms with Crippen LogP contribution in [0.3, 0.4) is 0 Å². The van der Waals surface area contributed by atoms with E-state index < -0.39 is 6.10 Å². The van der Waals surface area contributed by atoms with E-state index in [4.69, 9.17) is 11.6 Å². The summed E-state index contributed by atoms with van der Waals surface area (Å²) in [6.45, 7) is 0.190. The number of fused-ring (bicyclic) bond motifs is 2. The zero-order chi connectivity index (χ0) is 20.7. The van der Waals surface area contributed by atoms with E-state index in [1.165, 1.54) is 0 Å². The molecule has 1 unspecified atom stereocenters. The van der Waals surface area contributed by atoms with Gasteiger partial charge in [0, 0.05) is 29.3 Å². The Bertz CT molecular complexity index is 1370. The van der Waals surface area contributed by atoms with Gasteiger partial charge in [-0.25, -0.2) is 9.97 Å². The minimum Gasteiger partial charge on any atom is -0.387 e. The second kappa shape index (κ2) is 7.33. The number of aromatic amines is 3. The molecule has 0 aliphatic carbocycles. The van der Waals surface area contributed by atoms with Crippen LogP contribution in [0, 0.1) is 0 Å². The highest BCUT2D eigenvalue weighted by Gasteiger charge is 2.17. The third-order valence-electron chi connectivity index (χ3n) is 4.94. The number of pyridine rings is 1. The molecule has 5 aromatic rings. The summed E-state index contributed by atoms with van der Waals surface area (Å²) >= 11 is 6.00. The molecule has 0 spiro atoms. The lowest BCUT2D eigenvalue weighted by atomic mass is 10.1. The van der Waals surface area contributed by atoms with Gasteiger partial charge in [-0.1, -0.05) is 23.7 Å². The normalized spacial score (nSPS) is 12.5. The lowest BCUT2D eigenvalue weighted by Crippen LogP contribution is -2.17. The van der Waals surface area contributed by atoms with E-state index in [9.17, 15) is 9.90 Å². The number of nitrogens with zero attached hydrogens (tertiary/aromatic N) is 2. The average molecular weight is 421 g/mol. The van der Waals surface area contributed by atoms with Crippen molar-refractivity contribution < 1.29 is 5.11 Å². The van der Waals surface area contributed by atoms with Crippen LogP contribution in [0.1, 0.15) is 11.7 Å². The van der Waals surface area contributed by atoms with Crippen LogP contribution in [0.15, 0.2) is 59.7 Å². The maximum absolute atomic E-state index is 12.6. The van der Waals surface area contributed by atoms with Crippen LogP contribution in [0.5, 0.6) is 0 Å². The predicted molar refractivity (Wildman–Crippen MR) is 117 cm³/mol. The molecule has 0 fully saturated rings. The standard InChI is InChI=1S/C21H17ClN6O2/c22-13-3-1-2-11(6-13)18(29)10-24-14-4-5-23-21(30)19(14)20-26-16-7-12-9-25-28-15(12)8-17(16)27-20/h1-9,18,25,28-29H,10H2,(H2,23,24,30). The van der Waals surface area contributed by atoms with Crippen molar-refractivity contribution in [3.8, 4) is 11.4 Å². The summed E-state index contributed by atoms with van der Waals surface area (Å²) in [6.07, 6.45) is 2.58. The van der Waals surface area contributed by atoms with Gasteiger partial charge in [-0.3, -0.25) is 4.79 Å². The van der Waals surface area contributed by atoms with Gasteiger partial charge in [0.2, 0.25) is 0 Å². The first kappa shape index (κ1) is 18.4. The molecule has 0 saturated carbocycles. The second-order valence-corrected chi connectivity index (χ2v) is 7.37. The third-order valence-corrected chi connectivity index (χ3v) is 5.17. The molecule has 2 aromatic carbocycles. The fourth-order valence-electron chi connectivity index (χ4n) is 3.44. The van der Waals surface area contributed by atoms with Crippen molar-refractivity contribution in [3.05, 3.63) is 75.8 Å². The van der Waals surface area contributed by atoms with Crippen LogP contribution < -0.4 is 10.9 Å². The van der Waals surface area contributed by atoms with Gasteiger partial charge in [0.05, 0.1) is 28.3 Å². The van der Waals surface area contributed by atoms with E-state index in [1.54, 1.807) is 36.5 Å². The Morgan fingerprint density at radius 1 is 1.13 bits per heavy atom. The maximum Gasteiger partial charge on any atom is 0.261 e. The number of hydrogen-bond donors (Lipinski definition) is 5. The van der Waals surface area contributed by atoms with Crippen LogP contribution in [0.2, 0.25) is 5.02 Å². The topological polar surface area (TPSA) is 122 Å². The highest BCUT2D eigenvalue weighted by Crippen LogP contribution is 2.27. The zero-order valence-corrected chi connectivity index (χ0v) is 16.4. The zero-order valence-electron chi connectivity index (χ0n) is 15.6. The first-order valence-electron chi connectivity index (χ1n) is 9.31. The van der Waals surface area contributed by atoms with Crippen LogP contribution in [-0.4, -0.2) is 36.8 Å². The fraction of sp³-hybridized carbons (Fsp3) is 0.0952. The number of halogens is 1. The fourth-order valence-corrected chi connectivity index (χ4v) is 3.64. The second-order valence-electron chi connectivity index (χ2n) is 6.94. The summed E-state index contributed by atoms with van der Waals surface area (Å²) in [5.74, 6) is 0.322. The first-order chi connectivity index (χ1) is 14.6. The van der Waals surface area contributed by atoms with E-state index in [2.05, 4.69) is 30.5 Å². The molecule has 5 rings (SSSR count). The number of aliphatic hydroxyl groups excluding tert-OH is 1. The van der Waals surface area contributed by atoms with Gasteiger partial charge in [-0.15, -0.1) is 0 Å². The number of H-pyrrole nitrogens is 3. The number of aromatic nitrogens is 5. The van der Waals surface area contributed by atoms with Gasteiger partial charge in [-0.2, -0.15) is 0 Å². The van der Waals surface area contributed by atoms with Crippen LogP contribution in [-0.2, 0) is 0 Å². The Hall–Kier alpha value is -3.62. The molecule has 1 atom stereocenters. The number of hydrogen-bond acceptors (Lipinski definition) is 5. The lowest BCUT2D eigenvalue weighted by Gasteiger charge is -2.15. The van der Waals surface area contributed by atoms with E-state index in [0.29, 0.717) is 38.7 Å². The quantitative estimate of drug-likeness (QED) is 0.297. The molecule has 0 aliphatic heterocycles. The number of anilines is 1. The third kappa shape index (κ3) is 3.32. The van der Waals surface area contributed by atoms with Crippen LogP contribution in [0.25, 0.3) is 33.3 Å². The number of nitrogens with one attached hydrogen (secondary N) is 4. The summed E-state index contributed by atoms with van der Waals surface area (Å²) in [7, 11) is 0. The largest absolute Gasteiger partial charge is 0.387 e. The Kier molecular flexibility index (Phi) is 4.50. The summed E-state index contributed by atoms with van der Waals surface area (Å²) in [6, 6.07) is 12.5. The van der Waals surface area contributed by atoms with Gasteiger partial charge in [0.15, 0.2) is 5.82 Å². The van der Waals surface area contributed by atoms with Gasteiger partial charge in [0.1, 0.15) is 5.56 Å². The van der Waals surface area contributed by atoms with E-state index in [-0.39, 0.29) is 12.1 Å². The molecule has 0 bridgehead atoms. The molecular formula is C21H17ClN6O2. The lowest BCUT2D eigenvalue weighted by molar-refractivity contribution is 0.191. The summed E-state index contributed by atoms with van der Waals surface area (Å²) < 4.78 is 0. The molecular weight excluding hydrogens is 404 g/mol. The van der Waals surface area contributed by atoms with E-state index in [1.807, 2.05) is 18.3 Å². The predicted octanol–water partition coefficient (Wildman–Crippen LogP) is 3.59. The molecule has 150 valence electrons. The van der Waals surface area contributed by atoms with Crippen molar-refractivity contribution in [1.82, 2.24) is 25.1 Å². The summed E-state index contributed by atoms with van der Waals surface area (Å²) in [4.78, 5) is 24.4. The molecule has 8 nitrogen and oxygen atoms in total. The van der Waals surface area contributed by atoms with E-state index >= 15 is 0 Å². The summed E-state index contributed by atoms with van der Waals surface area (Å²) in [5, 5.41) is 21.1. The number of imidazole rings is 1. The highest BCUT2D eigenvalue weighted by atomic mass is 35.5. The number of aliphatic hydroxyl groups is 1. The van der Waals surface area contributed by atoms with Crippen molar-refractivity contribution in [2.75, 3.05) is 11.9 Å². The van der Waals surface area contributed by atoms with Crippen molar-refractivity contribution in [2.24, 2.45) is 0 Å². The van der Waals surface area contributed by atoms with Crippen LogP contribution in [0.4, 0.5) is 5.69 Å². The van der Waals surface area contributed by atoms with Crippen molar-refractivity contribution in [1.29, 1.82) is 0 Å². The minimum atomic E-state index is -0.799. The first-order valence-corrected chi connectivity index (χ1v) is 9.69. The SMILES string of the molecule is O=c1[nH]ccc(NCC(O)c2cccc(Cl)c2)c1-c1nc2cc3c[nH][nH]c3cc2n1. The van der Waals surface area contributed by atoms with Gasteiger partial charge < -0.3 is 25.6 Å². The molecule has 0 radical (unpaired) electrons. The van der Waals surface area contributed by atoms with Crippen molar-refractivity contribution in [3.63, 3.8) is 0 Å².